The predicted molar refractivity (Wildman–Crippen MR) is 133 cm³/mol. The molecule has 0 saturated carbocycles. The smallest absolute Gasteiger partial charge is 0.201 e. The average Bonchev–Trinajstić information content (AvgIpc) is 3.10. The number of ether oxygens (including phenoxy) is 1. The van der Waals surface area contributed by atoms with Crippen LogP contribution in [0.3, 0.4) is 0 Å². The largest absolute Gasteiger partial charge is 0.491 e. The van der Waals surface area contributed by atoms with E-state index in [1.165, 1.54) is 0 Å². The van der Waals surface area contributed by atoms with Crippen molar-refractivity contribution >= 4 is 28.6 Å². The van der Waals surface area contributed by atoms with Crippen LogP contribution in [0, 0.1) is 6.92 Å². The molecule has 0 atom stereocenters. The van der Waals surface area contributed by atoms with Gasteiger partial charge in [0.25, 0.3) is 0 Å². The van der Waals surface area contributed by atoms with Crippen molar-refractivity contribution < 1.29 is 4.74 Å². The highest BCUT2D eigenvalue weighted by atomic mass is 16.5. The number of rotatable bonds is 6. The predicted octanol–water partition coefficient (Wildman–Crippen LogP) is 4.59. The molecule has 2 aromatic heterocycles. The molecular weight excluding hydrogens is 414 g/mol. The number of hydrogen-bond donors (Lipinski definition) is 3. The molecule has 2 aromatic carbocycles. The zero-order valence-corrected chi connectivity index (χ0v) is 19.3. The summed E-state index contributed by atoms with van der Waals surface area (Å²) in [4.78, 5) is 19.2. The standard InChI is InChI=1S/C25H29N7O/c1-4-26-23-16(3)24(29-15-28-23)32-10-11-33-22-9-7-17(12-19(22)14-32)18-6-8-20-21(13-18)31-25(30-20)27-5-2/h6-9,12-13,15H,4-5,10-11,14H2,1-3H3,(H,26,28,29)(H2,27,30,31). The first-order chi connectivity index (χ1) is 16.2. The lowest BCUT2D eigenvalue weighted by Gasteiger charge is -2.23. The van der Waals surface area contributed by atoms with Gasteiger partial charge in [-0.2, -0.15) is 0 Å². The topological polar surface area (TPSA) is 91.0 Å². The van der Waals surface area contributed by atoms with E-state index in [1.807, 2.05) is 0 Å². The Morgan fingerprint density at radius 2 is 1.85 bits per heavy atom. The highest BCUT2D eigenvalue weighted by molar-refractivity contribution is 5.83. The fourth-order valence-corrected chi connectivity index (χ4v) is 4.30. The monoisotopic (exact) mass is 443 g/mol. The maximum Gasteiger partial charge on any atom is 0.201 e. The summed E-state index contributed by atoms with van der Waals surface area (Å²) in [7, 11) is 0. The van der Waals surface area contributed by atoms with Gasteiger partial charge in [0.15, 0.2) is 0 Å². The minimum absolute atomic E-state index is 0.611. The Balaban J connectivity index is 1.47. The van der Waals surface area contributed by atoms with E-state index in [0.29, 0.717) is 6.61 Å². The van der Waals surface area contributed by atoms with Crippen LogP contribution in [0.5, 0.6) is 5.75 Å². The second-order valence-corrected chi connectivity index (χ2v) is 8.14. The van der Waals surface area contributed by atoms with E-state index in [2.05, 4.69) is 92.6 Å². The second kappa shape index (κ2) is 8.97. The molecule has 0 unspecified atom stereocenters. The Bertz CT molecular complexity index is 1280. The summed E-state index contributed by atoms with van der Waals surface area (Å²) in [6.07, 6.45) is 1.63. The van der Waals surface area contributed by atoms with Gasteiger partial charge in [-0.05, 0) is 56.2 Å². The SMILES string of the molecule is CCNc1nc2ccc(-c3ccc4c(c3)CN(c3ncnc(NCC)c3C)CCO4)cc2[nH]1. The summed E-state index contributed by atoms with van der Waals surface area (Å²) in [6, 6.07) is 12.7. The maximum atomic E-state index is 6.08. The fraction of sp³-hybridized carbons (Fsp3) is 0.320. The van der Waals surface area contributed by atoms with E-state index in [0.717, 1.165) is 82.8 Å². The van der Waals surface area contributed by atoms with Gasteiger partial charge in [-0.25, -0.2) is 15.0 Å². The minimum Gasteiger partial charge on any atom is -0.491 e. The number of H-pyrrole nitrogens is 1. The lowest BCUT2D eigenvalue weighted by Crippen LogP contribution is -2.27. The van der Waals surface area contributed by atoms with Crippen molar-refractivity contribution in [1.29, 1.82) is 0 Å². The van der Waals surface area contributed by atoms with E-state index in [4.69, 9.17) is 4.74 Å². The number of fused-ring (bicyclic) bond motifs is 2. The molecular formula is C25H29N7O. The van der Waals surface area contributed by atoms with Crippen LogP contribution in [0.4, 0.5) is 17.6 Å². The number of anilines is 3. The summed E-state index contributed by atoms with van der Waals surface area (Å²) < 4.78 is 6.08. The zero-order chi connectivity index (χ0) is 22.8. The molecule has 4 aromatic rings. The zero-order valence-electron chi connectivity index (χ0n) is 19.3. The van der Waals surface area contributed by atoms with Crippen molar-refractivity contribution in [2.75, 3.05) is 41.8 Å². The average molecular weight is 444 g/mol. The Morgan fingerprint density at radius 3 is 2.70 bits per heavy atom. The van der Waals surface area contributed by atoms with Crippen molar-refractivity contribution in [3.63, 3.8) is 0 Å². The fourth-order valence-electron chi connectivity index (χ4n) is 4.30. The number of hydrogen-bond acceptors (Lipinski definition) is 7. The number of nitrogens with zero attached hydrogens (tertiary/aromatic N) is 4. The van der Waals surface area contributed by atoms with Crippen LogP contribution in [0.2, 0.25) is 0 Å². The first kappa shape index (κ1) is 21.1. The summed E-state index contributed by atoms with van der Waals surface area (Å²) in [5.74, 6) is 3.55. The van der Waals surface area contributed by atoms with Gasteiger partial charge in [0.1, 0.15) is 30.3 Å². The van der Waals surface area contributed by atoms with Crippen molar-refractivity contribution in [3.8, 4) is 16.9 Å². The van der Waals surface area contributed by atoms with E-state index >= 15 is 0 Å². The van der Waals surface area contributed by atoms with Crippen molar-refractivity contribution in [2.24, 2.45) is 0 Å². The van der Waals surface area contributed by atoms with Gasteiger partial charge in [0.05, 0.1) is 17.6 Å². The van der Waals surface area contributed by atoms with Crippen molar-refractivity contribution in [2.45, 2.75) is 27.3 Å². The summed E-state index contributed by atoms with van der Waals surface area (Å²) in [5.41, 5.74) is 6.46. The van der Waals surface area contributed by atoms with Crippen LogP contribution in [0.1, 0.15) is 25.0 Å². The first-order valence-electron chi connectivity index (χ1n) is 11.5. The van der Waals surface area contributed by atoms with Crippen LogP contribution < -0.4 is 20.3 Å². The van der Waals surface area contributed by atoms with Crippen LogP contribution >= 0.6 is 0 Å². The maximum absolute atomic E-state index is 6.08. The third-order valence-corrected chi connectivity index (χ3v) is 5.90. The van der Waals surface area contributed by atoms with Gasteiger partial charge in [-0.1, -0.05) is 12.1 Å². The van der Waals surface area contributed by atoms with Gasteiger partial charge in [-0.3, -0.25) is 0 Å². The van der Waals surface area contributed by atoms with Gasteiger partial charge < -0.3 is 25.3 Å². The summed E-state index contributed by atoms with van der Waals surface area (Å²) >= 11 is 0. The van der Waals surface area contributed by atoms with Gasteiger partial charge in [0.2, 0.25) is 5.95 Å². The third-order valence-electron chi connectivity index (χ3n) is 5.90. The van der Waals surface area contributed by atoms with Gasteiger partial charge in [-0.15, -0.1) is 0 Å². The van der Waals surface area contributed by atoms with Crippen LogP contribution in [-0.2, 0) is 6.54 Å². The quantitative estimate of drug-likeness (QED) is 0.401. The molecule has 1 aliphatic heterocycles. The molecule has 0 fully saturated rings. The highest BCUT2D eigenvalue weighted by Crippen LogP contribution is 2.33. The van der Waals surface area contributed by atoms with E-state index in [1.54, 1.807) is 6.33 Å². The molecule has 8 nitrogen and oxygen atoms in total. The van der Waals surface area contributed by atoms with E-state index in [9.17, 15) is 0 Å². The van der Waals surface area contributed by atoms with Gasteiger partial charge >= 0.3 is 0 Å². The number of benzene rings is 2. The number of nitrogens with one attached hydrogen (secondary N) is 3. The second-order valence-electron chi connectivity index (χ2n) is 8.14. The van der Waals surface area contributed by atoms with Crippen molar-refractivity contribution in [3.05, 3.63) is 53.9 Å². The molecule has 3 heterocycles. The normalized spacial score (nSPS) is 13.4. The molecule has 0 radical (unpaired) electrons. The minimum atomic E-state index is 0.611. The van der Waals surface area contributed by atoms with Crippen LogP contribution in [0.15, 0.2) is 42.7 Å². The molecule has 8 heteroatoms. The lowest BCUT2D eigenvalue weighted by atomic mass is 10.0. The molecule has 0 bridgehead atoms. The Morgan fingerprint density at radius 1 is 1.03 bits per heavy atom. The summed E-state index contributed by atoms with van der Waals surface area (Å²) in [5, 5.41) is 6.56. The molecule has 1 aliphatic rings. The number of aromatic amines is 1. The molecule has 0 amide bonds. The molecule has 5 rings (SSSR count). The molecule has 33 heavy (non-hydrogen) atoms. The van der Waals surface area contributed by atoms with Gasteiger partial charge in [0, 0.05) is 30.8 Å². The molecule has 170 valence electrons. The number of imidazole rings is 1. The molecule has 0 saturated heterocycles. The summed E-state index contributed by atoms with van der Waals surface area (Å²) in [6.45, 7) is 9.95. The van der Waals surface area contributed by atoms with E-state index in [-0.39, 0.29) is 0 Å². The highest BCUT2D eigenvalue weighted by Gasteiger charge is 2.20. The first-order valence-corrected chi connectivity index (χ1v) is 11.5. The van der Waals surface area contributed by atoms with Crippen molar-refractivity contribution in [1.82, 2.24) is 19.9 Å². The third kappa shape index (κ3) is 4.16. The Hall–Kier alpha value is -3.81. The van der Waals surface area contributed by atoms with Crippen LogP contribution in [0.25, 0.3) is 22.2 Å². The Kier molecular flexibility index (Phi) is 5.73. The Labute approximate surface area is 193 Å². The lowest BCUT2D eigenvalue weighted by molar-refractivity contribution is 0.331. The van der Waals surface area contributed by atoms with E-state index < -0.39 is 0 Å². The number of aromatic nitrogens is 4. The molecule has 3 N–H and O–H groups in total. The molecule has 0 aliphatic carbocycles. The molecule has 0 spiro atoms. The van der Waals surface area contributed by atoms with Crippen LogP contribution in [-0.4, -0.2) is 46.2 Å².